The molecule has 0 radical (unpaired) electrons. The van der Waals surface area contributed by atoms with Crippen LogP contribution >= 0.6 is 11.8 Å². The lowest BCUT2D eigenvalue weighted by Gasteiger charge is -2.27. The molecule has 1 fully saturated rings. The molecular weight excluding hydrogens is 278 g/mol. The first-order valence-corrected chi connectivity index (χ1v) is 8.89. The number of hydrogen-bond donors (Lipinski definition) is 1. The van der Waals surface area contributed by atoms with E-state index in [1.807, 2.05) is 28.7 Å². The van der Waals surface area contributed by atoms with Crippen LogP contribution in [0.5, 0.6) is 0 Å². The molecule has 0 atom stereocenters. The Balaban J connectivity index is 1.54. The maximum absolute atomic E-state index is 4.25. The highest BCUT2D eigenvalue weighted by atomic mass is 32.2. The first kappa shape index (κ1) is 14.7. The molecule has 0 aliphatic heterocycles. The smallest absolute Gasteiger partial charge is 0.0645 e. The zero-order valence-corrected chi connectivity index (χ0v) is 13.4. The van der Waals surface area contributed by atoms with E-state index in [4.69, 9.17) is 0 Å². The van der Waals surface area contributed by atoms with E-state index in [0.29, 0.717) is 4.75 Å². The fraction of sp³-hybridized carbons (Fsp3) is 0.471. The van der Waals surface area contributed by atoms with Crippen LogP contribution in [0.4, 0.5) is 0 Å². The van der Waals surface area contributed by atoms with E-state index in [2.05, 4.69) is 40.9 Å². The van der Waals surface area contributed by atoms with Crippen molar-refractivity contribution in [2.75, 3.05) is 12.8 Å². The van der Waals surface area contributed by atoms with Gasteiger partial charge in [-0.1, -0.05) is 25.0 Å². The lowest BCUT2D eigenvalue weighted by atomic mass is 10.1. The summed E-state index contributed by atoms with van der Waals surface area (Å²) in [7, 11) is 0. The van der Waals surface area contributed by atoms with Crippen molar-refractivity contribution in [3.05, 3.63) is 48.3 Å². The van der Waals surface area contributed by atoms with Gasteiger partial charge in [0.2, 0.25) is 0 Å². The van der Waals surface area contributed by atoms with Gasteiger partial charge in [0.05, 0.1) is 5.69 Å². The van der Waals surface area contributed by atoms with Crippen LogP contribution in [0.25, 0.3) is 5.69 Å². The molecule has 3 rings (SSSR count). The van der Waals surface area contributed by atoms with Gasteiger partial charge >= 0.3 is 0 Å². The monoisotopic (exact) mass is 301 g/mol. The Morgan fingerprint density at radius 3 is 2.62 bits per heavy atom. The molecule has 2 aromatic rings. The Morgan fingerprint density at radius 2 is 2.00 bits per heavy atom. The number of nitrogens with zero attached hydrogens (tertiary/aromatic N) is 2. The molecule has 1 aliphatic carbocycles. The molecule has 1 aliphatic rings. The zero-order valence-electron chi connectivity index (χ0n) is 12.6. The number of benzene rings is 1. The van der Waals surface area contributed by atoms with E-state index in [1.54, 1.807) is 6.20 Å². The summed E-state index contributed by atoms with van der Waals surface area (Å²) in [6.45, 7) is 2.07. The highest BCUT2D eigenvalue weighted by Crippen LogP contribution is 2.39. The van der Waals surface area contributed by atoms with Gasteiger partial charge in [-0.05, 0) is 42.9 Å². The Bertz CT molecular complexity index is 542. The minimum absolute atomic E-state index is 0.481. The van der Waals surface area contributed by atoms with Crippen molar-refractivity contribution in [2.45, 2.75) is 37.0 Å². The maximum Gasteiger partial charge on any atom is 0.0645 e. The van der Waals surface area contributed by atoms with Gasteiger partial charge in [-0.2, -0.15) is 16.9 Å². The number of thioether (sulfide) groups is 1. The van der Waals surface area contributed by atoms with Crippen LogP contribution in [0.1, 0.15) is 31.2 Å². The second-order valence-electron chi connectivity index (χ2n) is 5.81. The molecule has 21 heavy (non-hydrogen) atoms. The lowest BCUT2D eigenvalue weighted by molar-refractivity contribution is 0.534. The van der Waals surface area contributed by atoms with Gasteiger partial charge in [0.1, 0.15) is 0 Å². The van der Waals surface area contributed by atoms with Crippen LogP contribution in [0.15, 0.2) is 42.7 Å². The fourth-order valence-electron chi connectivity index (χ4n) is 3.10. The summed E-state index contributed by atoms with van der Waals surface area (Å²) in [5, 5.41) is 7.90. The molecular formula is C17H23N3S. The molecule has 1 N–H and O–H groups in total. The summed E-state index contributed by atoms with van der Waals surface area (Å²) >= 11 is 2.04. The van der Waals surface area contributed by atoms with Crippen molar-refractivity contribution >= 4 is 11.8 Å². The van der Waals surface area contributed by atoms with E-state index >= 15 is 0 Å². The van der Waals surface area contributed by atoms with Crippen molar-refractivity contribution < 1.29 is 0 Å². The molecule has 112 valence electrons. The Hall–Kier alpha value is -1.26. The highest BCUT2D eigenvalue weighted by molar-refractivity contribution is 8.00. The number of rotatable bonds is 6. The van der Waals surface area contributed by atoms with Gasteiger partial charge < -0.3 is 5.32 Å². The minimum Gasteiger partial charge on any atom is -0.311 e. The lowest BCUT2D eigenvalue weighted by Crippen LogP contribution is -2.34. The SMILES string of the molecule is CSC1(CNCc2ccc(-n3cccn3)cc2)CCCC1. The summed E-state index contributed by atoms with van der Waals surface area (Å²) < 4.78 is 2.37. The van der Waals surface area contributed by atoms with Crippen LogP contribution in [0, 0.1) is 0 Å². The molecule has 0 spiro atoms. The summed E-state index contributed by atoms with van der Waals surface area (Å²) in [6, 6.07) is 10.6. The summed E-state index contributed by atoms with van der Waals surface area (Å²) in [5.74, 6) is 0. The fourth-order valence-corrected chi connectivity index (χ4v) is 4.04. The van der Waals surface area contributed by atoms with Crippen molar-refractivity contribution in [3.63, 3.8) is 0 Å². The second kappa shape index (κ2) is 6.67. The van der Waals surface area contributed by atoms with Crippen molar-refractivity contribution in [1.29, 1.82) is 0 Å². The van der Waals surface area contributed by atoms with Crippen LogP contribution < -0.4 is 5.32 Å². The molecule has 1 aromatic carbocycles. The third-order valence-corrected chi connectivity index (χ3v) is 5.85. The van der Waals surface area contributed by atoms with E-state index in [9.17, 15) is 0 Å². The Kier molecular flexibility index (Phi) is 4.66. The van der Waals surface area contributed by atoms with Crippen LogP contribution in [0.2, 0.25) is 0 Å². The van der Waals surface area contributed by atoms with E-state index < -0.39 is 0 Å². The number of nitrogens with one attached hydrogen (secondary N) is 1. The van der Waals surface area contributed by atoms with Gasteiger partial charge in [-0.3, -0.25) is 0 Å². The standard InChI is InChI=1S/C17H23N3S/c1-21-17(9-2-3-10-17)14-18-13-15-5-7-16(8-6-15)20-12-4-11-19-20/h4-8,11-12,18H,2-3,9-10,13-14H2,1H3. The average Bonchev–Trinajstić information content (AvgIpc) is 3.20. The Morgan fingerprint density at radius 1 is 1.24 bits per heavy atom. The number of hydrogen-bond acceptors (Lipinski definition) is 3. The van der Waals surface area contributed by atoms with Crippen molar-refractivity contribution in [3.8, 4) is 5.69 Å². The normalized spacial score (nSPS) is 17.2. The van der Waals surface area contributed by atoms with Crippen molar-refractivity contribution in [1.82, 2.24) is 15.1 Å². The maximum atomic E-state index is 4.25. The molecule has 1 heterocycles. The van der Waals surface area contributed by atoms with E-state index in [1.165, 1.54) is 31.2 Å². The van der Waals surface area contributed by atoms with Gasteiger partial charge in [-0.25, -0.2) is 4.68 Å². The average molecular weight is 301 g/mol. The second-order valence-corrected chi connectivity index (χ2v) is 7.09. The van der Waals surface area contributed by atoms with Crippen LogP contribution in [-0.2, 0) is 6.54 Å². The van der Waals surface area contributed by atoms with Gasteiger partial charge in [0.15, 0.2) is 0 Å². The minimum atomic E-state index is 0.481. The third kappa shape index (κ3) is 3.50. The predicted octanol–water partition coefficient (Wildman–Crippen LogP) is 3.64. The largest absolute Gasteiger partial charge is 0.311 e. The quantitative estimate of drug-likeness (QED) is 0.883. The van der Waals surface area contributed by atoms with Crippen LogP contribution in [-0.4, -0.2) is 27.3 Å². The highest BCUT2D eigenvalue weighted by Gasteiger charge is 2.32. The summed E-state index contributed by atoms with van der Waals surface area (Å²) in [4.78, 5) is 0. The van der Waals surface area contributed by atoms with Gasteiger partial charge in [-0.15, -0.1) is 0 Å². The Labute approximate surface area is 131 Å². The van der Waals surface area contributed by atoms with Gasteiger partial charge in [0, 0.05) is 30.2 Å². The number of aromatic nitrogens is 2. The third-order valence-electron chi connectivity index (χ3n) is 4.43. The molecule has 3 nitrogen and oxygen atoms in total. The van der Waals surface area contributed by atoms with Crippen LogP contribution in [0.3, 0.4) is 0 Å². The zero-order chi connectivity index (χ0) is 14.5. The molecule has 0 amide bonds. The molecule has 0 bridgehead atoms. The summed E-state index contributed by atoms with van der Waals surface area (Å²) in [5.41, 5.74) is 2.44. The molecule has 0 saturated heterocycles. The molecule has 1 aromatic heterocycles. The summed E-state index contributed by atoms with van der Waals surface area (Å²) in [6.07, 6.45) is 11.5. The first-order valence-electron chi connectivity index (χ1n) is 7.66. The van der Waals surface area contributed by atoms with E-state index in [-0.39, 0.29) is 0 Å². The van der Waals surface area contributed by atoms with Crippen molar-refractivity contribution in [2.24, 2.45) is 0 Å². The molecule has 4 heteroatoms. The topological polar surface area (TPSA) is 29.9 Å². The van der Waals surface area contributed by atoms with E-state index in [0.717, 1.165) is 18.8 Å². The predicted molar refractivity (Wildman–Crippen MR) is 90.0 cm³/mol. The van der Waals surface area contributed by atoms with Gasteiger partial charge in [0.25, 0.3) is 0 Å². The molecule has 0 unspecified atom stereocenters. The molecule has 1 saturated carbocycles. The first-order chi connectivity index (χ1) is 10.3.